The topological polar surface area (TPSA) is 255 Å². The molecule has 0 bridgehead atoms. The van der Waals surface area contributed by atoms with Crippen molar-refractivity contribution in [2.75, 3.05) is 6.61 Å². The summed E-state index contributed by atoms with van der Waals surface area (Å²) >= 11 is 0. The molecular formula is C10H15N2O14P3. The molecule has 7 N–H and O–H groups in total. The van der Waals surface area contributed by atoms with E-state index >= 15 is 0 Å². The summed E-state index contributed by atoms with van der Waals surface area (Å²) in [6, 6.07) is -0.229. The zero-order valence-corrected chi connectivity index (χ0v) is 16.6. The molecule has 5 atom stereocenters. The number of aliphatic hydroxyl groups excluding tert-OH is 2. The quantitative estimate of drug-likeness (QED) is 0.158. The monoisotopic (exact) mass is 480 g/mol. The first-order chi connectivity index (χ1) is 13.1. The molecule has 0 fully saturated rings. The molecular weight excluding hydrogens is 465 g/mol. The van der Waals surface area contributed by atoms with Crippen molar-refractivity contribution in [2.45, 2.75) is 18.2 Å². The minimum Gasteiger partial charge on any atom is -0.388 e. The van der Waals surface area contributed by atoms with Crippen LogP contribution >= 0.6 is 23.5 Å². The van der Waals surface area contributed by atoms with E-state index in [0.717, 1.165) is 22.9 Å². The minimum atomic E-state index is -5.71. The molecule has 0 spiro atoms. The van der Waals surface area contributed by atoms with Crippen molar-refractivity contribution < 1.29 is 56.6 Å². The number of aromatic nitrogens is 2. The summed E-state index contributed by atoms with van der Waals surface area (Å²) in [5, 5.41) is 20.0. The van der Waals surface area contributed by atoms with Crippen LogP contribution in [0.25, 0.3) is 0 Å². The average Bonchev–Trinajstić information content (AvgIpc) is 2.78. The number of phosphoric ester groups is 1. The van der Waals surface area contributed by atoms with Crippen LogP contribution in [-0.2, 0) is 26.8 Å². The van der Waals surface area contributed by atoms with Crippen LogP contribution in [0.3, 0.4) is 0 Å². The van der Waals surface area contributed by atoms with E-state index in [-0.39, 0.29) is 5.57 Å². The van der Waals surface area contributed by atoms with Gasteiger partial charge in [0.15, 0.2) is 0 Å². The lowest BCUT2D eigenvalue weighted by molar-refractivity contribution is 0.0269. The smallest absolute Gasteiger partial charge is 0.388 e. The lowest BCUT2D eigenvalue weighted by atomic mass is 10.1. The van der Waals surface area contributed by atoms with Gasteiger partial charge in [0.2, 0.25) is 0 Å². The van der Waals surface area contributed by atoms with E-state index in [4.69, 9.17) is 14.7 Å². The Bertz CT molecular complexity index is 1050. The predicted octanol–water partition coefficient (Wildman–Crippen LogP) is -1.92. The van der Waals surface area contributed by atoms with Crippen molar-refractivity contribution in [1.82, 2.24) is 9.55 Å². The maximum absolute atomic E-state index is 11.8. The van der Waals surface area contributed by atoms with Crippen LogP contribution in [0.4, 0.5) is 0 Å². The molecule has 0 saturated carbocycles. The lowest BCUT2D eigenvalue weighted by Crippen LogP contribution is -2.37. The molecule has 0 aliphatic heterocycles. The summed E-state index contributed by atoms with van der Waals surface area (Å²) < 4.78 is 45.7. The first kappa shape index (κ1) is 24.0. The highest BCUT2D eigenvalue weighted by atomic mass is 31.3. The van der Waals surface area contributed by atoms with Crippen molar-refractivity contribution in [1.29, 1.82) is 0 Å². The molecule has 2 unspecified atom stereocenters. The van der Waals surface area contributed by atoms with Crippen LogP contribution in [0.1, 0.15) is 6.04 Å². The molecule has 1 aromatic rings. The summed E-state index contributed by atoms with van der Waals surface area (Å²) in [6.45, 7) is -0.962. The molecule has 1 aliphatic rings. The summed E-state index contributed by atoms with van der Waals surface area (Å²) in [4.78, 5) is 60.1. The van der Waals surface area contributed by atoms with Crippen molar-refractivity contribution in [3.8, 4) is 0 Å². The van der Waals surface area contributed by atoms with Gasteiger partial charge in [-0.25, -0.2) is 18.5 Å². The highest BCUT2D eigenvalue weighted by Gasteiger charge is 2.42. The van der Waals surface area contributed by atoms with Crippen LogP contribution < -0.4 is 11.2 Å². The Kier molecular flexibility index (Phi) is 7.02. The summed E-state index contributed by atoms with van der Waals surface area (Å²) in [7, 11) is -16.7. The fraction of sp³-hybridized carbons (Fsp3) is 0.400. The Hall–Kier alpha value is -1.25. The second kappa shape index (κ2) is 8.47. The van der Waals surface area contributed by atoms with Crippen molar-refractivity contribution in [3.63, 3.8) is 0 Å². The molecule has 0 saturated heterocycles. The zero-order chi connectivity index (χ0) is 22.2. The molecule has 2 rings (SSSR count). The van der Waals surface area contributed by atoms with Gasteiger partial charge >= 0.3 is 29.2 Å². The van der Waals surface area contributed by atoms with Gasteiger partial charge in [-0.1, -0.05) is 6.08 Å². The number of H-pyrrole nitrogens is 1. The Morgan fingerprint density at radius 1 is 1.03 bits per heavy atom. The van der Waals surface area contributed by atoms with Gasteiger partial charge in [0, 0.05) is 12.3 Å². The molecule has 29 heavy (non-hydrogen) atoms. The zero-order valence-electron chi connectivity index (χ0n) is 13.9. The second-order valence-corrected chi connectivity index (χ2v) is 9.97. The van der Waals surface area contributed by atoms with E-state index in [0.29, 0.717) is 0 Å². The van der Waals surface area contributed by atoms with Crippen molar-refractivity contribution in [2.24, 2.45) is 0 Å². The fourth-order valence-corrected chi connectivity index (χ4v) is 5.33. The number of aliphatic hydroxyl groups is 2. The third-order valence-electron chi connectivity index (χ3n) is 3.42. The first-order valence-electron chi connectivity index (χ1n) is 7.27. The van der Waals surface area contributed by atoms with E-state index in [1.165, 1.54) is 0 Å². The van der Waals surface area contributed by atoms with Gasteiger partial charge in [-0.05, 0) is 5.57 Å². The van der Waals surface area contributed by atoms with Gasteiger partial charge in [0.25, 0.3) is 5.56 Å². The van der Waals surface area contributed by atoms with E-state index < -0.39 is 59.6 Å². The summed E-state index contributed by atoms with van der Waals surface area (Å²) in [5.41, 5.74) is -1.88. The molecule has 0 radical (unpaired) electrons. The summed E-state index contributed by atoms with van der Waals surface area (Å²) in [5.74, 6) is 0. The van der Waals surface area contributed by atoms with Gasteiger partial charge in [-0.2, -0.15) is 8.62 Å². The standard InChI is InChI=1S/C10H15N2O14P3/c13-7-1-2-12(10(16)11-7)6-3-5(8(14)9(6)15)4-24-28(20,21)26-29(22,23)25-27(17,18)19/h1-3,6,8-9,14-15H,4H2,(H,20,21)(H,22,23)(H,11,13,16)(H2,17,18,19)/t6-,8-,9+/m1/s1. The maximum Gasteiger partial charge on any atom is 0.490 e. The number of hydrogen-bond donors (Lipinski definition) is 7. The Morgan fingerprint density at radius 3 is 2.21 bits per heavy atom. The molecule has 1 heterocycles. The maximum atomic E-state index is 11.8. The highest BCUT2D eigenvalue weighted by Crippen LogP contribution is 2.66. The van der Waals surface area contributed by atoms with E-state index in [1.54, 1.807) is 0 Å². The molecule has 0 aromatic carbocycles. The van der Waals surface area contributed by atoms with Gasteiger partial charge in [-0.3, -0.25) is 18.9 Å². The van der Waals surface area contributed by atoms with Crippen LogP contribution in [0, 0.1) is 0 Å². The van der Waals surface area contributed by atoms with Gasteiger partial charge < -0.3 is 29.8 Å². The third kappa shape index (κ3) is 6.62. The SMILES string of the molecule is O=c1ccn([C@@H]2C=C(COP(=O)(O)OP(=O)(O)OP(=O)(O)O)[C@@H](O)[C@H]2O)c(=O)[nH]1. The lowest BCUT2D eigenvalue weighted by Gasteiger charge is -2.19. The second-order valence-electron chi connectivity index (χ2n) is 5.55. The van der Waals surface area contributed by atoms with Crippen LogP contribution in [0.5, 0.6) is 0 Å². The number of nitrogens with zero attached hydrogens (tertiary/aromatic N) is 1. The van der Waals surface area contributed by atoms with Crippen LogP contribution in [0.15, 0.2) is 33.5 Å². The van der Waals surface area contributed by atoms with Crippen LogP contribution in [0.2, 0.25) is 0 Å². The number of phosphoric acid groups is 3. The van der Waals surface area contributed by atoms with Gasteiger partial charge in [0.05, 0.1) is 12.6 Å². The third-order valence-corrected chi connectivity index (χ3v) is 7.20. The number of aromatic amines is 1. The van der Waals surface area contributed by atoms with Gasteiger partial charge in [-0.15, -0.1) is 0 Å². The summed E-state index contributed by atoms with van der Waals surface area (Å²) in [6.07, 6.45) is -1.23. The van der Waals surface area contributed by atoms with Crippen molar-refractivity contribution in [3.05, 3.63) is 44.8 Å². The highest BCUT2D eigenvalue weighted by molar-refractivity contribution is 7.66. The molecule has 1 aromatic heterocycles. The minimum absolute atomic E-state index is 0.248. The van der Waals surface area contributed by atoms with E-state index in [9.17, 15) is 38.4 Å². The molecule has 16 nitrogen and oxygen atoms in total. The molecule has 0 amide bonds. The Morgan fingerprint density at radius 2 is 1.66 bits per heavy atom. The molecule has 1 aliphatic carbocycles. The van der Waals surface area contributed by atoms with Crippen LogP contribution in [-0.4, -0.2) is 58.2 Å². The van der Waals surface area contributed by atoms with Gasteiger partial charge in [0.1, 0.15) is 12.2 Å². The Labute approximate surface area is 160 Å². The molecule has 164 valence electrons. The largest absolute Gasteiger partial charge is 0.490 e. The normalized spacial score (nSPS) is 26.6. The molecule has 19 heteroatoms. The number of rotatable bonds is 8. The van der Waals surface area contributed by atoms with E-state index in [2.05, 4.69) is 13.1 Å². The number of hydrogen-bond acceptors (Lipinski definition) is 10. The first-order valence-corrected chi connectivity index (χ1v) is 11.8. The number of nitrogens with one attached hydrogen (secondary N) is 1. The fourth-order valence-electron chi connectivity index (χ4n) is 2.32. The van der Waals surface area contributed by atoms with Crippen molar-refractivity contribution >= 4 is 23.5 Å². The van der Waals surface area contributed by atoms with E-state index in [1.807, 2.05) is 4.98 Å². The Balaban J connectivity index is 2.13. The average molecular weight is 480 g/mol. The predicted molar refractivity (Wildman–Crippen MR) is 90.3 cm³/mol.